The number of aliphatic hydroxyl groups is 1. The molecule has 0 radical (unpaired) electrons. The van der Waals surface area contributed by atoms with Crippen molar-refractivity contribution in [2.45, 2.75) is 83.2 Å². The molecule has 1 aliphatic carbocycles. The molecule has 2 aromatic carbocycles. The van der Waals surface area contributed by atoms with E-state index in [4.69, 9.17) is 4.42 Å². The molecule has 0 bridgehead atoms. The summed E-state index contributed by atoms with van der Waals surface area (Å²) >= 11 is 0. The molecular weight excluding hydrogens is 446 g/mol. The van der Waals surface area contributed by atoms with Crippen molar-refractivity contribution >= 4 is 5.91 Å². The Kier molecular flexibility index (Phi) is 6.15. The van der Waals surface area contributed by atoms with Crippen molar-refractivity contribution < 1.29 is 14.3 Å². The van der Waals surface area contributed by atoms with E-state index in [0.29, 0.717) is 38.1 Å². The van der Waals surface area contributed by atoms with Crippen molar-refractivity contribution in [1.82, 2.24) is 4.90 Å². The van der Waals surface area contributed by atoms with Crippen LogP contribution in [0.15, 0.2) is 59.0 Å². The van der Waals surface area contributed by atoms with Gasteiger partial charge in [-0.3, -0.25) is 4.79 Å². The molecule has 5 rings (SSSR count). The number of hydrogen-bond donors (Lipinski definition) is 1. The molecule has 36 heavy (non-hydrogen) atoms. The van der Waals surface area contributed by atoms with Gasteiger partial charge >= 0.3 is 0 Å². The van der Waals surface area contributed by atoms with Crippen molar-refractivity contribution in [3.8, 4) is 0 Å². The predicted octanol–water partition coefficient (Wildman–Crippen LogP) is 6.65. The number of benzene rings is 2. The number of likely N-dealkylation sites (tertiary alicyclic amines) is 1. The number of hydrogen-bond acceptors (Lipinski definition) is 3. The van der Waals surface area contributed by atoms with Gasteiger partial charge in [-0.15, -0.1) is 0 Å². The summed E-state index contributed by atoms with van der Waals surface area (Å²) in [5.74, 6) is 1.10. The van der Waals surface area contributed by atoms with Crippen LogP contribution in [0.2, 0.25) is 0 Å². The van der Waals surface area contributed by atoms with Gasteiger partial charge in [0.05, 0.1) is 5.60 Å². The molecule has 2 aliphatic rings. The minimum Gasteiger partial charge on any atom is -0.456 e. The lowest BCUT2D eigenvalue weighted by Gasteiger charge is -2.42. The molecule has 190 valence electrons. The molecule has 1 aliphatic heterocycles. The SMILES string of the molecule is Cc1cc2c(cc1Cc1ccc(C(=O)N3CCC(O)(c4ccccc4)CC3)o1)C(C)(C)CCC2(C)C. The molecule has 0 unspecified atom stereocenters. The van der Waals surface area contributed by atoms with E-state index in [2.05, 4.69) is 46.8 Å². The Hall–Kier alpha value is -2.85. The maximum absolute atomic E-state index is 13.2. The fourth-order valence-electron chi connectivity index (χ4n) is 6.01. The van der Waals surface area contributed by atoms with E-state index in [0.717, 1.165) is 11.3 Å². The van der Waals surface area contributed by atoms with E-state index in [9.17, 15) is 9.90 Å². The first kappa shape index (κ1) is 24.8. The molecule has 2 heterocycles. The highest BCUT2D eigenvalue weighted by atomic mass is 16.4. The molecule has 1 amide bonds. The second kappa shape index (κ2) is 8.92. The smallest absolute Gasteiger partial charge is 0.289 e. The fourth-order valence-corrected chi connectivity index (χ4v) is 6.01. The summed E-state index contributed by atoms with van der Waals surface area (Å²) in [6.45, 7) is 12.6. The Morgan fingerprint density at radius 3 is 2.14 bits per heavy atom. The van der Waals surface area contributed by atoms with Gasteiger partial charge in [-0.2, -0.15) is 0 Å². The Labute approximate surface area is 215 Å². The van der Waals surface area contributed by atoms with Crippen molar-refractivity contribution in [3.63, 3.8) is 0 Å². The van der Waals surface area contributed by atoms with E-state index in [-0.39, 0.29) is 16.7 Å². The summed E-state index contributed by atoms with van der Waals surface area (Å²) in [5.41, 5.74) is 5.85. The summed E-state index contributed by atoms with van der Waals surface area (Å²) in [5, 5.41) is 11.1. The quantitative estimate of drug-likeness (QED) is 0.450. The van der Waals surface area contributed by atoms with Gasteiger partial charge < -0.3 is 14.4 Å². The molecule has 0 spiro atoms. The summed E-state index contributed by atoms with van der Waals surface area (Å²) in [7, 11) is 0. The molecule has 1 fully saturated rings. The molecule has 1 aromatic heterocycles. The number of nitrogens with zero attached hydrogens (tertiary/aromatic N) is 1. The molecule has 3 aromatic rings. The summed E-state index contributed by atoms with van der Waals surface area (Å²) in [6.07, 6.45) is 4.11. The highest BCUT2D eigenvalue weighted by molar-refractivity contribution is 5.91. The summed E-state index contributed by atoms with van der Waals surface area (Å²) in [6, 6.07) is 18.3. The van der Waals surface area contributed by atoms with Crippen LogP contribution in [0.4, 0.5) is 0 Å². The maximum Gasteiger partial charge on any atom is 0.289 e. The van der Waals surface area contributed by atoms with Gasteiger partial charge in [0.1, 0.15) is 5.76 Å². The average molecular weight is 486 g/mol. The molecule has 1 saturated heterocycles. The minimum atomic E-state index is -0.876. The first-order valence-corrected chi connectivity index (χ1v) is 13.3. The van der Waals surface area contributed by atoms with Crippen molar-refractivity contribution in [2.75, 3.05) is 13.1 Å². The second-order valence-corrected chi connectivity index (χ2v) is 12.2. The molecular formula is C32H39NO3. The second-order valence-electron chi connectivity index (χ2n) is 12.2. The topological polar surface area (TPSA) is 53.7 Å². The Bertz CT molecular complexity index is 1260. The average Bonchev–Trinajstić information content (AvgIpc) is 3.32. The Morgan fingerprint density at radius 2 is 1.50 bits per heavy atom. The number of carbonyl (C=O) groups excluding carboxylic acids is 1. The van der Waals surface area contributed by atoms with E-state index >= 15 is 0 Å². The van der Waals surface area contributed by atoms with Gasteiger partial charge in [0.15, 0.2) is 5.76 Å². The number of furan rings is 1. The lowest BCUT2D eigenvalue weighted by molar-refractivity contribution is -0.0218. The third-order valence-electron chi connectivity index (χ3n) is 8.74. The van der Waals surface area contributed by atoms with Gasteiger partial charge in [0, 0.05) is 19.5 Å². The molecule has 4 heteroatoms. The highest BCUT2D eigenvalue weighted by Gasteiger charge is 2.38. The van der Waals surface area contributed by atoms with Crippen LogP contribution in [0.1, 0.15) is 97.5 Å². The lowest BCUT2D eigenvalue weighted by atomic mass is 9.62. The summed E-state index contributed by atoms with van der Waals surface area (Å²) < 4.78 is 6.08. The molecule has 1 N–H and O–H groups in total. The number of carbonyl (C=O) groups is 1. The van der Waals surface area contributed by atoms with Crippen LogP contribution in [-0.4, -0.2) is 29.0 Å². The zero-order valence-corrected chi connectivity index (χ0v) is 22.4. The first-order chi connectivity index (χ1) is 17.0. The van der Waals surface area contributed by atoms with Crippen molar-refractivity contribution in [3.05, 3.63) is 93.9 Å². The van der Waals surface area contributed by atoms with Gasteiger partial charge in [0.25, 0.3) is 5.91 Å². The molecule has 4 nitrogen and oxygen atoms in total. The number of fused-ring (bicyclic) bond motifs is 1. The highest BCUT2D eigenvalue weighted by Crippen LogP contribution is 2.46. The van der Waals surface area contributed by atoms with Gasteiger partial charge in [-0.1, -0.05) is 70.2 Å². The Morgan fingerprint density at radius 1 is 0.889 bits per heavy atom. The molecule has 0 saturated carbocycles. The zero-order chi connectivity index (χ0) is 25.7. The zero-order valence-electron chi connectivity index (χ0n) is 22.4. The predicted molar refractivity (Wildman–Crippen MR) is 143 cm³/mol. The van der Waals surface area contributed by atoms with E-state index in [1.165, 1.54) is 35.1 Å². The van der Waals surface area contributed by atoms with Crippen LogP contribution in [0.3, 0.4) is 0 Å². The first-order valence-electron chi connectivity index (χ1n) is 13.3. The monoisotopic (exact) mass is 485 g/mol. The number of rotatable bonds is 4. The minimum absolute atomic E-state index is 0.0959. The van der Waals surface area contributed by atoms with Crippen molar-refractivity contribution in [1.29, 1.82) is 0 Å². The number of piperidine rings is 1. The fraction of sp³-hybridized carbons (Fsp3) is 0.469. The van der Waals surface area contributed by atoms with Crippen LogP contribution in [-0.2, 0) is 22.9 Å². The Balaban J connectivity index is 1.30. The van der Waals surface area contributed by atoms with Crippen LogP contribution in [0.25, 0.3) is 0 Å². The number of aryl methyl sites for hydroxylation is 1. The van der Waals surface area contributed by atoms with Gasteiger partial charge in [-0.25, -0.2) is 0 Å². The van der Waals surface area contributed by atoms with Gasteiger partial charge in [-0.05, 0) is 83.4 Å². The summed E-state index contributed by atoms with van der Waals surface area (Å²) in [4.78, 5) is 15.0. The normalized spacial score (nSPS) is 20.1. The standard InChI is InChI=1S/C32H39NO3/c1-22-19-26-27(31(4,5)14-13-30(26,2)3)21-23(22)20-25-11-12-28(36-25)29(34)33-17-15-32(35,16-18-33)24-9-7-6-8-10-24/h6-12,19,21,35H,13-18,20H2,1-5H3. The maximum atomic E-state index is 13.2. The third kappa shape index (κ3) is 4.52. The largest absolute Gasteiger partial charge is 0.456 e. The van der Waals surface area contributed by atoms with Crippen molar-refractivity contribution in [2.24, 2.45) is 0 Å². The number of amides is 1. The van der Waals surface area contributed by atoms with Crippen LogP contribution >= 0.6 is 0 Å². The van der Waals surface area contributed by atoms with Crippen LogP contribution in [0.5, 0.6) is 0 Å². The molecule has 0 atom stereocenters. The lowest BCUT2D eigenvalue weighted by Crippen LogP contribution is -2.45. The van der Waals surface area contributed by atoms with E-state index in [1.807, 2.05) is 36.4 Å². The van der Waals surface area contributed by atoms with Crippen LogP contribution in [0, 0.1) is 6.92 Å². The van der Waals surface area contributed by atoms with Gasteiger partial charge in [0.2, 0.25) is 0 Å². The van der Waals surface area contributed by atoms with E-state index < -0.39 is 5.60 Å². The van der Waals surface area contributed by atoms with E-state index in [1.54, 1.807) is 11.0 Å². The van der Waals surface area contributed by atoms with Crippen LogP contribution < -0.4 is 0 Å². The third-order valence-corrected chi connectivity index (χ3v) is 8.74.